The maximum Gasteiger partial charge on any atom is 0.247 e. The van der Waals surface area contributed by atoms with Gasteiger partial charge in [-0.15, -0.1) is 0 Å². The fourth-order valence-corrected chi connectivity index (χ4v) is 4.81. The van der Waals surface area contributed by atoms with Crippen molar-refractivity contribution >= 4 is 40.0 Å². The van der Waals surface area contributed by atoms with E-state index < -0.39 is 17.7 Å². The molecular formula is C30H29N5O4. The number of aromatic nitrogens is 2. The number of fused-ring (bicyclic) bond motifs is 1. The lowest BCUT2D eigenvalue weighted by atomic mass is 9.98. The minimum atomic E-state index is -1.09. The molecule has 0 saturated carbocycles. The molecule has 0 fully saturated rings. The summed E-state index contributed by atoms with van der Waals surface area (Å²) in [6.45, 7) is 3.49. The number of para-hydroxylation sites is 2. The molecule has 9 nitrogen and oxygen atoms in total. The van der Waals surface area contributed by atoms with Crippen molar-refractivity contribution in [3.05, 3.63) is 97.0 Å². The number of carbonyl (C=O) groups is 3. The molecule has 0 radical (unpaired) electrons. The number of anilines is 2. The van der Waals surface area contributed by atoms with Crippen LogP contribution in [-0.4, -0.2) is 50.5 Å². The number of amides is 3. The molecule has 5 rings (SSSR count). The predicted octanol–water partition coefficient (Wildman–Crippen LogP) is 4.22. The second kappa shape index (κ2) is 10.8. The molecule has 39 heavy (non-hydrogen) atoms. The number of phenolic OH excluding ortho intramolecular Hbond substituents is 1. The summed E-state index contributed by atoms with van der Waals surface area (Å²) < 4.78 is 0. The van der Waals surface area contributed by atoms with Crippen molar-refractivity contribution in [1.82, 2.24) is 15.1 Å². The molecule has 1 atom stereocenters. The summed E-state index contributed by atoms with van der Waals surface area (Å²) in [6.07, 6.45) is 3.12. The van der Waals surface area contributed by atoms with Crippen LogP contribution in [-0.2, 0) is 20.8 Å². The number of aromatic amines is 1. The van der Waals surface area contributed by atoms with E-state index in [9.17, 15) is 19.5 Å². The number of carbonyl (C=O) groups excluding carboxylic acids is 3. The topological polar surface area (TPSA) is 110 Å². The fraction of sp³-hybridized carbons (Fsp3) is 0.200. The SMILES string of the molecule is CC(C)N(C(=O)CN1C=CN(c2ccccc2)C(=O)C(Cc2[nH]nc3ccccc23)C1=O)c1ccc(O)cc1. The number of hydrogen-bond donors (Lipinski definition) is 2. The maximum atomic E-state index is 13.9. The van der Waals surface area contributed by atoms with Crippen LogP contribution in [0.15, 0.2) is 91.3 Å². The molecule has 2 heterocycles. The standard InChI is InChI=1S/C30H29N5O4/c1-20(2)35(22-12-14-23(36)15-13-22)28(37)19-33-16-17-34(21-8-4-3-5-9-21)30(39)25(29(33)38)18-27-24-10-6-7-11-26(24)31-32-27/h3-17,20,25,36H,18-19H2,1-2H3,(H,31,32). The summed E-state index contributed by atoms with van der Waals surface area (Å²) in [5.74, 6) is -2.18. The third-order valence-corrected chi connectivity index (χ3v) is 6.71. The quantitative estimate of drug-likeness (QED) is 0.353. The summed E-state index contributed by atoms with van der Waals surface area (Å²) in [4.78, 5) is 45.6. The predicted molar refractivity (Wildman–Crippen MR) is 149 cm³/mol. The molecule has 1 aromatic heterocycles. The van der Waals surface area contributed by atoms with Gasteiger partial charge in [-0.2, -0.15) is 5.10 Å². The lowest BCUT2D eigenvalue weighted by Gasteiger charge is -2.29. The molecule has 3 amide bonds. The summed E-state index contributed by atoms with van der Waals surface area (Å²) in [5, 5.41) is 17.8. The third-order valence-electron chi connectivity index (χ3n) is 6.71. The van der Waals surface area contributed by atoms with Crippen molar-refractivity contribution in [1.29, 1.82) is 0 Å². The zero-order valence-corrected chi connectivity index (χ0v) is 21.7. The van der Waals surface area contributed by atoms with Gasteiger partial charge in [-0.25, -0.2) is 0 Å². The van der Waals surface area contributed by atoms with Crippen molar-refractivity contribution in [2.75, 3.05) is 16.3 Å². The molecule has 0 bridgehead atoms. The monoisotopic (exact) mass is 523 g/mol. The van der Waals surface area contributed by atoms with E-state index in [4.69, 9.17) is 0 Å². The number of rotatable bonds is 7. The molecule has 3 aromatic carbocycles. The largest absolute Gasteiger partial charge is 0.508 e. The van der Waals surface area contributed by atoms with Gasteiger partial charge in [-0.1, -0.05) is 36.4 Å². The van der Waals surface area contributed by atoms with Gasteiger partial charge in [-0.05, 0) is 56.3 Å². The van der Waals surface area contributed by atoms with E-state index in [1.807, 2.05) is 56.3 Å². The van der Waals surface area contributed by atoms with Crippen molar-refractivity contribution in [2.45, 2.75) is 26.3 Å². The normalized spacial score (nSPS) is 15.7. The Labute approximate surface area is 226 Å². The number of nitrogens with zero attached hydrogens (tertiary/aromatic N) is 4. The molecule has 0 spiro atoms. The first kappa shape index (κ1) is 25.7. The summed E-state index contributed by atoms with van der Waals surface area (Å²) in [6, 6.07) is 22.7. The van der Waals surface area contributed by atoms with Gasteiger partial charge in [0.1, 0.15) is 18.2 Å². The molecule has 198 valence electrons. The summed E-state index contributed by atoms with van der Waals surface area (Å²) in [7, 11) is 0. The van der Waals surface area contributed by atoms with E-state index in [1.54, 1.807) is 29.2 Å². The average Bonchev–Trinajstić information content (AvgIpc) is 3.30. The first-order valence-corrected chi connectivity index (χ1v) is 12.7. The van der Waals surface area contributed by atoms with Crippen LogP contribution >= 0.6 is 0 Å². The van der Waals surface area contributed by atoms with Gasteiger partial charge >= 0.3 is 0 Å². The molecule has 0 aliphatic carbocycles. The summed E-state index contributed by atoms with van der Waals surface area (Å²) in [5.41, 5.74) is 2.63. The zero-order chi connectivity index (χ0) is 27.5. The Bertz CT molecular complexity index is 1530. The van der Waals surface area contributed by atoms with E-state index in [-0.39, 0.29) is 30.7 Å². The Morgan fingerprint density at radius 1 is 0.949 bits per heavy atom. The van der Waals surface area contributed by atoms with E-state index in [1.165, 1.54) is 34.3 Å². The first-order valence-electron chi connectivity index (χ1n) is 12.7. The van der Waals surface area contributed by atoms with E-state index in [0.29, 0.717) is 17.1 Å². The van der Waals surface area contributed by atoms with E-state index >= 15 is 0 Å². The van der Waals surface area contributed by atoms with E-state index in [0.717, 1.165) is 10.9 Å². The smallest absolute Gasteiger partial charge is 0.247 e. The highest BCUT2D eigenvalue weighted by Gasteiger charge is 2.38. The third kappa shape index (κ3) is 5.24. The van der Waals surface area contributed by atoms with Gasteiger partial charge in [0.15, 0.2) is 0 Å². The Balaban J connectivity index is 1.48. The van der Waals surface area contributed by atoms with E-state index in [2.05, 4.69) is 10.2 Å². The Kier molecular flexibility index (Phi) is 7.14. The zero-order valence-electron chi connectivity index (χ0n) is 21.7. The van der Waals surface area contributed by atoms with Crippen LogP contribution in [0.3, 0.4) is 0 Å². The van der Waals surface area contributed by atoms with Crippen molar-refractivity contribution < 1.29 is 19.5 Å². The van der Waals surface area contributed by atoms with Gasteiger partial charge in [0, 0.05) is 47.3 Å². The van der Waals surface area contributed by atoms with Crippen LogP contribution in [0.1, 0.15) is 19.5 Å². The first-order chi connectivity index (χ1) is 18.8. The highest BCUT2D eigenvalue weighted by Crippen LogP contribution is 2.27. The van der Waals surface area contributed by atoms with Gasteiger partial charge < -0.3 is 14.9 Å². The van der Waals surface area contributed by atoms with Crippen LogP contribution in [0.2, 0.25) is 0 Å². The lowest BCUT2D eigenvalue weighted by molar-refractivity contribution is -0.140. The number of benzene rings is 3. The van der Waals surface area contributed by atoms with Gasteiger partial charge in [-0.3, -0.25) is 24.4 Å². The van der Waals surface area contributed by atoms with Crippen LogP contribution in [0.5, 0.6) is 5.75 Å². The second-order valence-corrected chi connectivity index (χ2v) is 9.66. The maximum absolute atomic E-state index is 13.9. The molecule has 9 heteroatoms. The van der Waals surface area contributed by atoms with Crippen LogP contribution in [0.25, 0.3) is 10.9 Å². The molecule has 1 unspecified atom stereocenters. The van der Waals surface area contributed by atoms with Crippen LogP contribution in [0, 0.1) is 5.92 Å². The number of aromatic hydroxyl groups is 1. The van der Waals surface area contributed by atoms with Crippen molar-refractivity contribution in [3.63, 3.8) is 0 Å². The molecule has 2 N–H and O–H groups in total. The van der Waals surface area contributed by atoms with Crippen molar-refractivity contribution in [2.24, 2.45) is 5.92 Å². The molecule has 0 saturated heterocycles. The van der Waals surface area contributed by atoms with Gasteiger partial charge in [0.2, 0.25) is 17.7 Å². The highest BCUT2D eigenvalue weighted by molar-refractivity contribution is 6.11. The second-order valence-electron chi connectivity index (χ2n) is 9.66. The van der Waals surface area contributed by atoms with Crippen molar-refractivity contribution in [3.8, 4) is 5.75 Å². The Morgan fingerprint density at radius 2 is 1.64 bits per heavy atom. The average molecular weight is 524 g/mol. The van der Waals surface area contributed by atoms with Crippen LogP contribution < -0.4 is 9.80 Å². The minimum absolute atomic E-state index is 0.0919. The van der Waals surface area contributed by atoms with Gasteiger partial charge in [0.25, 0.3) is 0 Å². The Hall–Kier alpha value is -4.92. The molecule has 4 aromatic rings. The molecular weight excluding hydrogens is 494 g/mol. The number of phenols is 1. The highest BCUT2D eigenvalue weighted by atomic mass is 16.3. The minimum Gasteiger partial charge on any atom is -0.508 e. The number of hydrogen-bond acceptors (Lipinski definition) is 5. The number of nitrogens with one attached hydrogen (secondary N) is 1. The lowest BCUT2D eigenvalue weighted by Crippen LogP contribution is -2.46. The fourth-order valence-electron chi connectivity index (χ4n) is 4.81. The Morgan fingerprint density at radius 3 is 2.36 bits per heavy atom. The molecule has 1 aliphatic rings. The summed E-state index contributed by atoms with van der Waals surface area (Å²) >= 11 is 0. The van der Waals surface area contributed by atoms with Crippen LogP contribution in [0.4, 0.5) is 11.4 Å². The van der Waals surface area contributed by atoms with Gasteiger partial charge in [0.05, 0.1) is 5.52 Å². The number of H-pyrrole nitrogens is 1. The molecule has 1 aliphatic heterocycles.